The Morgan fingerprint density at radius 1 is 1.10 bits per heavy atom. The molecule has 0 spiro atoms. The fourth-order valence-electron chi connectivity index (χ4n) is 2.65. The second-order valence-electron chi connectivity index (χ2n) is 5.95. The zero-order valence-corrected chi connectivity index (χ0v) is 13.3. The van der Waals surface area contributed by atoms with Crippen molar-refractivity contribution in [2.75, 3.05) is 43.4 Å². The highest BCUT2D eigenvalue weighted by Crippen LogP contribution is 2.19. The fraction of sp³-hybridized carbons (Fsp3) is 0.625. The molecule has 0 saturated carbocycles. The van der Waals surface area contributed by atoms with Crippen LogP contribution in [0.1, 0.15) is 13.8 Å². The Labute approximate surface area is 127 Å². The molecule has 1 aromatic rings. The molecule has 0 aliphatic carbocycles. The lowest BCUT2D eigenvalue weighted by molar-refractivity contribution is 0.204. The number of nitrogens with zero attached hydrogens (tertiary/aromatic N) is 2. The van der Waals surface area contributed by atoms with E-state index < -0.39 is 0 Å². The summed E-state index contributed by atoms with van der Waals surface area (Å²) in [6, 6.07) is 6.82. The lowest BCUT2D eigenvalue weighted by atomic mass is 9.97. The lowest BCUT2D eigenvalue weighted by Crippen LogP contribution is -2.48. The molecule has 4 heteroatoms. The number of benzene rings is 1. The molecular formula is C16H25FN2S. The summed E-state index contributed by atoms with van der Waals surface area (Å²) in [4.78, 5) is 4.86. The van der Waals surface area contributed by atoms with Crippen molar-refractivity contribution in [1.82, 2.24) is 4.90 Å². The quantitative estimate of drug-likeness (QED) is 0.834. The predicted octanol–water partition coefficient (Wildman–Crippen LogP) is 3.15. The molecule has 2 nitrogen and oxygen atoms in total. The maximum Gasteiger partial charge on any atom is 0.123 e. The lowest BCUT2D eigenvalue weighted by Gasteiger charge is -2.38. The summed E-state index contributed by atoms with van der Waals surface area (Å²) in [6.07, 6.45) is 0. The third-order valence-corrected chi connectivity index (χ3v) is 4.70. The number of halogens is 1. The molecule has 0 aromatic heterocycles. The van der Waals surface area contributed by atoms with Crippen LogP contribution in [0.5, 0.6) is 0 Å². The van der Waals surface area contributed by atoms with Crippen molar-refractivity contribution in [2.45, 2.75) is 13.8 Å². The smallest absolute Gasteiger partial charge is 0.123 e. The maximum absolute atomic E-state index is 12.9. The van der Waals surface area contributed by atoms with E-state index in [-0.39, 0.29) is 5.82 Å². The number of hydrogen-bond acceptors (Lipinski definition) is 3. The summed E-state index contributed by atoms with van der Waals surface area (Å²) in [7, 11) is 0. The minimum Gasteiger partial charge on any atom is -0.369 e. The monoisotopic (exact) mass is 296 g/mol. The first-order valence-electron chi connectivity index (χ1n) is 7.44. The van der Waals surface area contributed by atoms with Crippen molar-refractivity contribution < 1.29 is 4.39 Å². The average molecular weight is 296 g/mol. The van der Waals surface area contributed by atoms with Gasteiger partial charge in [-0.1, -0.05) is 13.8 Å². The molecule has 1 fully saturated rings. The zero-order chi connectivity index (χ0) is 14.5. The third-order valence-electron chi connectivity index (χ3n) is 4.23. The largest absolute Gasteiger partial charge is 0.369 e. The van der Waals surface area contributed by atoms with Crippen LogP contribution in [0.3, 0.4) is 0 Å². The SMILES string of the molecule is CC(C)C(CS)CN1CCN(c2ccc(F)cc2)CC1. The van der Waals surface area contributed by atoms with Gasteiger partial charge in [0.15, 0.2) is 0 Å². The van der Waals surface area contributed by atoms with Gasteiger partial charge >= 0.3 is 0 Å². The van der Waals surface area contributed by atoms with Crippen molar-refractivity contribution in [3.05, 3.63) is 30.1 Å². The van der Waals surface area contributed by atoms with Crippen molar-refractivity contribution in [1.29, 1.82) is 0 Å². The molecule has 1 unspecified atom stereocenters. The van der Waals surface area contributed by atoms with E-state index >= 15 is 0 Å². The van der Waals surface area contributed by atoms with Crippen molar-refractivity contribution in [2.24, 2.45) is 11.8 Å². The minimum absolute atomic E-state index is 0.166. The third kappa shape index (κ3) is 4.13. The normalized spacial score (nSPS) is 18.6. The molecule has 1 aromatic carbocycles. The fourth-order valence-corrected chi connectivity index (χ4v) is 3.19. The molecule has 1 saturated heterocycles. The van der Waals surface area contributed by atoms with E-state index in [0.717, 1.165) is 44.2 Å². The molecule has 0 bridgehead atoms. The average Bonchev–Trinajstić information content (AvgIpc) is 2.46. The first-order valence-corrected chi connectivity index (χ1v) is 8.07. The van der Waals surface area contributed by atoms with Crippen LogP contribution in [-0.2, 0) is 0 Å². The van der Waals surface area contributed by atoms with E-state index in [1.807, 2.05) is 12.1 Å². The minimum atomic E-state index is -0.166. The van der Waals surface area contributed by atoms with Crippen LogP contribution in [0.25, 0.3) is 0 Å². The topological polar surface area (TPSA) is 6.48 Å². The molecular weight excluding hydrogens is 271 g/mol. The van der Waals surface area contributed by atoms with Crippen LogP contribution in [0.4, 0.5) is 10.1 Å². The predicted molar refractivity (Wildman–Crippen MR) is 87.2 cm³/mol. The van der Waals surface area contributed by atoms with Gasteiger partial charge in [-0.25, -0.2) is 4.39 Å². The molecule has 1 aliphatic rings. The van der Waals surface area contributed by atoms with Gasteiger partial charge in [0.05, 0.1) is 0 Å². The summed E-state index contributed by atoms with van der Waals surface area (Å²) in [6.45, 7) is 9.87. The molecule has 20 heavy (non-hydrogen) atoms. The Morgan fingerprint density at radius 3 is 2.20 bits per heavy atom. The Balaban J connectivity index is 1.84. The zero-order valence-electron chi connectivity index (χ0n) is 12.4. The summed E-state index contributed by atoms with van der Waals surface area (Å²) in [5, 5.41) is 0. The summed E-state index contributed by atoms with van der Waals surface area (Å²) >= 11 is 4.47. The maximum atomic E-state index is 12.9. The van der Waals surface area contributed by atoms with E-state index in [4.69, 9.17) is 0 Å². The van der Waals surface area contributed by atoms with Gasteiger partial charge in [0.2, 0.25) is 0 Å². The van der Waals surface area contributed by atoms with Crippen LogP contribution in [0.2, 0.25) is 0 Å². The van der Waals surface area contributed by atoms with Crippen LogP contribution >= 0.6 is 12.6 Å². The van der Waals surface area contributed by atoms with Crippen molar-refractivity contribution >= 4 is 18.3 Å². The Hall–Kier alpha value is -0.740. The van der Waals surface area contributed by atoms with Crippen molar-refractivity contribution in [3.8, 4) is 0 Å². The molecule has 1 aliphatic heterocycles. The first-order chi connectivity index (χ1) is 9.60. The second kappa shape index (κ2) is 7.32. The van der Waals surface area contributed by atoms with E-state index in [9.17, 15) is 4.39 Å². The van der Waals surface area contributed by atoms with Gasteiger partial charge in [0.25, 0.3) is 0 Å². The molecule has 0 radical (unpaired) electrons. The molecule has 112 valence electrons. The Morgan fingerprint density at radius 2 is 1.70 bits per heavy atom. The van der Waals surface area contributed by atoms with Gasteiger partial charge in [-0.05, 0) is 41.9 Å². The van der Waals surface area contributed by atoms with E-state index in [1.54, 1.807) is 0 Å². The van der Waals surface area contributed by atoms with Gasteiger partial charge in [-0.2, -0.15) is 12.6 Å². The number of hydrogen-bond donors (Lipinski definition) is 1. The molecule has 0 N–H and O–H groups in total. The van der Waals surface area contributed by atoms with Crippen LogP contribution in [-0.4, -0.2) is 43.4 Å². The number of thiol groups is 1. The summed E-state index contributed by atoms with van der Waals surface area (Å²) < 4.78 is 12.9. The van der Waals surface area contributed by atoms with Gasteiger partial charge < -0.3 is 4.90 Å². The van der Waals surface area contributed by atoms with Gasteiger partial charge in [-0.3, -0.25) is 4.90 Å². The highest BCUT2D eigenvalue weighted by Gasteiger charge is 2.21. The van der Waals surface area contributed by atoms with E-state index in [1.165, 1.54) is 12.1 Å². The first kappa shape index (κ1) is 15.6. The van der Waals surface area contributed by atoms with E-state index in [2.05, 4.69) is 36.3 Å². The Bertz CT molecular complexity index is 399. The summed E-state index contributed by atoms with van der Waals surface area (Å²) in [5.41, 5.74) is 1.13. The number of piperazine rings is 1. The summed E-state index contributed by atoms with van der Waals surface area (Å²) in [5.74, 6) is 2.13. The molecule has 1 atom stereocenters. The van der Waals surface area contributed by atoms with Gasteiger partial charge in [0.1, 0.15) is 5.82 Å². The van der Waals surface area contributed by atoms with E-state index in [0.29, 0.717) is 11.8 Å². The van der Waals surface area contributed by atoms with Gasteiger partial charge in [0, 0.05) is 38.4 Å². The number of rotatable bonds is 5. The van der Waals surface area contributed by atoms with Gasteiger partial charge in [-0.15, -0.1) is 0 Å². The molecule has 0 amide bonds. The molecule has 2 rings (SSSR count). The second-order valence-corrected chi connectivity index (χ2v) is 6.32. The standard InChI is InChI=1S/C16H25FN2S/c1-13(2)14(12-20)11-18-7-9-19(10-8-18)16-5-3-15(17)4-6-16/h3-6,13-14,20H,7-12H2,1-2H3. The van der Waals surface area contributed by atoms with Crippen LogP contribution < -0.4 is 4.90 Å². The molecule has 1 heterocycles. The Kier molecular flexibility index (Phi) is 5.73. The van der Waals surface area contributed by atoms with Crippen LogP contribution in [0.15, 0.2) is 24.3 Å². The number of anilines is 1. The van der Waals surface area contributed by atoms with Crippen LogP contribution in [0, 0.1) is 17.7 Å². The van der Waals surface area contributed by atoms with Crippen molar-refractivity contribution in [3.63, 3.8) is 0 Å². The highest BCUT2D eigenvalue weighted by atomic mass is 32.1. The highest BCUT2D eigenvalue weighted by molar-refractivity contribution is 7.80.